The zero-order valence-corrected chi connectivity index (χ0v) is 20.4. The standard InChI is InChI=1S/C22H28BrN7O3/c1-27(2)18-6-9-28(10-7-18)20-11-15(3-4-19(20)30(32)33)21(31)29-8-5-17(14-29)26-22-24-12-16(23)13-25-22/h3-4,11-13,17-18H,5-10,14H2,1-2H3,(H,24,25,26)/t17-/m0/s1. The van der Waals surface area contributed by atoms with Crippen molar-refractivity contribution in [1.82, 2.24) is 19.8 Å². The molecule has 10 nitrogen and oxygen atoms in total. The third-order valence-corrected chi connectivity index (χ3v) is 6.79. The lowest BCUT2D eigenvalue weighted by molar-refractivity contribution is -0.384. The van der Waals surface area contributed by atoms with Gasteiger partial charge in [-0.3, -0.25) is 14.9 Å². The van der Waals surface area contributed by atoms with Crippen LogP contribution in [0.4, 0.5) is 17.3 Å². The van der Waals surface area contributed by atoms with Gasteiger partial charge in [0.25, 0.3) is 11.6 Å². The number of rotatable bonds is 6. The summed E-state index contributed by atoms with van der Waals surface area (Å²) in [4.78, 5) is 39.0. The lowest BCUT2D eigenvalue weighted by Crippen LogP contribution is -2.42. The van der Waals surface area contributed by atoms with Crippen LogP contribution in [0.15, 0.2) is 35.1 Å². The summed E-state index contributed by atoms with van der Waals surface area (Å²) >= 11 is 3.32. The number of nitrogens with zero attached hydrogens (tertiary/aromatic N) is 6. The molecule has 33 heavy (non-hydrogen) atoms. The van der Waals surface area contributed by atoms with Crippen LogP contribution in [0.3, 0.4) is 0 Å². The Balaban J connectivity index is 1.46. The Morgan fingerprint density at radius 3 is 2.52 bits per heavy atom. The number of likely N-dealkylation sites (tertiary alicyclic amines) is 1. The van der Waals surface area contributed by atoms with Gasteiger partial charge in [0.1, 0.15) is 5.69 Å². The lowest BCUT2D eigenvalue weighted by Gasteiger charge is -2.36. The first-order chi connectivity index (χ1) is 15.8. The number of halogens is 1. The smallest absolute Gasteiger partial charge is 0.292 e. The fraction of sp³-hybridized carbons (Fsp3) is 0.500. The van der Waals surface area contributed by atoms with E-state index in [1.54, 1.807) is 29.4 Å². The molecule has 2 aliphatic rings. The molecule has 1 aromatic carbocycles. The maximum absolute atomic E-state index is 13.2. The van der Waals surface area contributed by atoms with Crippen molar-refractivity contribution in [3.8, 4) is 0 Å². The summed E-state index contributed by atoms with van der Waals surface area (Å²) in [6.07, 6.45) is 5.99. The molecule has 0 spiro atoms. The molecule has 1 amide bonds. The second-order valence-corrected chi connectivity index (χ2v) is 9.66. The SMILES string of the molecule is CN(C)C1CCN(c2cc(C(=O)N3CC[C@H](Nc4ncc(Br)cn4)C3)ccc2[N+](=O)[O-])CC1. The van der Waals surface area contributed by atoms with E-state index in [9.17, 15) is 14.9 Å². The molecule has 0 aliphatic carbocycles. The van der Waals surface area contributed by atoms with Gasteiger partial charge in [0.15, 0.2) is 0 Å². The lowest BCUT2D eigenvalue weighted by atomic mass is 10.0. The van der Waals surface area contributed by atoms with Crippen LogP contribution in [0.1, 0.15) is 29.6 Å². The Labute approximate surface area is 201 Å². The summed E-state index contributed by atoms with van der Waals surface area (Å²) in [6, 6.07) is 5.23. The predicted molar refractivity (Wildman–Crippen MR) is 130 cm³/mol. The highest BCUT2D eigenvalue weighted by Gasteiger charge is 2.30. The number of carbonyl (C=O) groups is 1. The van der Waals surface area contributed by atoms with E-state index in [2.05, 4.69) is 50.2 Å². The molecule has 1 N–H and O–H groups in total. The van der Waals surface area contributed by atoms with Gasteiger partial charge in [0, 0.05) is 62.3 Å². The van der Waals surface area contributed by atoms with E-state index < -0.39 is 0 Å². The molecule has 0 radical (unpaired) electrons. The Morgan fingerprint density at radius 2 is 1.88 bits per heavy atom. The highest BCUT2D eigenvalue weighted by atomic mass is 79.9. The van der Waals surface area contributed by atoms with Gasteiger partial charge in [-0.05, 0) is 61.4 Å². The van der Waals surface area contributed by atoms with Crippen LogP contribution >= 0.6 is 15.9 Å². The summed E-state index contributed by atoms with van der Waals surface area (Å²) in [5.74, 6) is 0.409. The molecule has 0 unspecified atom stereocenters. The van der Waals surface area contributed by atoms with Crippen molar-refractivity contribution >= 4 is 39.2 Å². The van der Waals surface area contributed by atoms with E-state index in [0.29, 0.717) is 36.3 Å². The van der Waals surface area contributed by atoms with Crippen LogP contribution in [-0.2, 0) is 0 Å². The molecule has 176 valence electrons. The normalized spacial score (nSPS) is 19.2. The first-order valence-electron chi connectivity index (χ1n) is 11.0. The van der Waals surface area contributed by atoms with Crippen LogP contribution in [0.5, 0.6) is 0 Å². The quantitative estimate of drug-likeness (QED) is 0.460. The third kappa shape index (κ3) is 5.41. The molecular weight excluding hydrogens is 490 g/mol. The summed E-state index contributed by atoms with van der Waals surface area (Å²) in [5, 5.41) is 14.9. The summed E-state index contributed by atoms with van der Waals surface area (Å²) in [5.41, 5.74) is 1.05. The predicted octanol–water partition coefficient (Wildman–Crippen LogP) is 3.00. The highest BCUT2D eigenvalue weighted by molar-refractivity contribution is 9.10. The van der Waals surface area contributed by atoms with Crippen molar-refractivity contribution in [2.45, 2.75) is 31.3 Å². The van der Waals surface area contributed by atoms with Gasteiger partial charge < -0.3 is 20.0 Å². The molecule has 2 fully saturated rings. The van der Waals surface area contributed by atoms with Gasteiger partial charge in [-0.25, -0.2) is 9.97 Å². The van der Waals surface area contributed by atoms with E-state index in [1.165, 1.54) is 6.07 Å². The van der Waals surface area contributed by atoms with Gasteiger partial charge in [0.05, 0.1) is 9.40 Å². The van der Waals surface area contributed by atoms with Crippen molar-refractivity contribution in [1.29, 1.82) is 0 Å². The number of anilines is 2. The number of nitro groups is 1. The van der Waals surface area contributed by atoms with Crippen molar-refractivity contribution in [2.24, 2.45) is 0 Å². The first kappa shape index (κ1) is 23.4. The number of aromatic nitrogens is 2. The minimum absolute atomic E-state index is 0.0446. The molecule has 2 aliphatic heterocycles. The molecule has 0 saturated carbocycles. The van der Waals surface area contributed by atoms with Crippen LogP contribution in [0.25, 0.3) is 0 Å². The molecule has 2 saturated heterocycles. The zero-order chi connectivity index (χ0) is 23.5. The van der Waals surface area contributed by atoms with Gasteiger partial charge in [-0.1, -0.05) is 0 Å². The minimum Gasteiger partial charge on any atom is -0.366 e. The first-order valence-corrected chi connectivity index (χ1v) is 11.8. The van der Waals surface area contributed by atoms with Gasteiger partial charge in [-0.15, -0.1) is 0 Å². The highest BCUT2D eigenvalue weighted by Crippen LogP contribution is 2.32. The van der Waals surface area contributed by atoms with Crippen LogP contribution in [-0.4, -0.2) is 83.0 Å². The number of piperidine rings is 1. The van der Waals surface area contributed by atoms with Crippen molar-refractivity contribution in [3.63, 3.8) is 0 Å². The topological polar surface area (TPSA) is 108 Å². The average molecular weight is 518 g/mol. The Bertz CT molecular complexity index is 1010. The maximum atomic E-state index is 13.2. The number of nitro benzene ring substituents is 1. The second-order valence-electron chi connectivity index (χ2n) is 8.75. The van der Waals surface area contributed by atoms with Crippen LogP contribution in [0, 0.1) is 10.1 Å². The second kappa shape index (κ2) is 10.0. The Kier molecular flexibility index (Phi) is 7.08. The van der Waals surface area contributed by atoms with E-state index >= 15 is 0 Å². The summed E-state index contributed by atoms with van der Waals surface area (Å²) < 4.78 is 0.802. The van der Waals surface area contributed by atoms with Crippen molar-refractivity contribution < 1.29 is 9.72 Å². The van der Waals surface area contributed by atoms with E-state index in [1.807, 2.05) is 4.90 Å². The molecule has 0 bridgehead atoms. The van der Waals surface area contributed by atoms with E-state index in [4.69, 9.17) is 0 Å². The van der Waals surface area contributed by atoms with Gasteiger partial charge >= 0.3 is 0 Å². The van der Waals surface area contributed by atoms with Gasteiger partial charge in [0.2, 0.25) is 5.95 Å². The van der Waals surface area contributed by atoms with E-state index in [-0.39, 0.29) is 22.6 Å². The van der Waals surface area contributed by atoms with Crippen molar-refractivity contribution in [3.05, 3.63) is 50.7 Å². The fourth-order valence-corrected chi connectivity index (χ4v) is 4.71. The number of amides is 1. The number of hydrogen-bond acceptors (Lipinski definition) is 8. The minimum atomic E-state index is -0.365. The largest absolute Gasteiger partial charge is 0.366 e. The Morgan fingerprint density at radius 1 is 1.18 bits per heavy atom. The van der Waals surface area contributed by atoms with Crippen LogP contribution < -0.4 is 10.2 Å². The number of nitrogens with one attached hydrogen (secondary N) is 1. The molecule has 4 rings (SSSR count). The number of hydrogen-bond donors (Lipinski definition) is 1. The van der Waals surface area contributed by atoms with Crippen LogP contribution in [0.2, 0.25) is 0 Å². The molecule has 11 heteroatoms. The van der Waals surface area contributed by atoms with Crippen molar-refractivity contribution in [2.75, 3.05) is 50.5 Å². The third-order valence-electron chi connectivity index (χ3n) is 6.38. The average Bonchev–Trinajstić information content (AvgIpc) is 3.28. The van der Waals surface area contributed by atoms with E-state index in [0.717, 1.165) is 36.8 Å². The number of carbonyl (C=O) groups excluding carboxylic acids is 1. The molecule has 1 atom stereocenters. The molecule has 1 aromatic heterocycles. The molecule has 2 aromatic rings. The molecule has 3 heterocycles. The fourth-order valence-electron chi connectivity index (χ4n) is 4.50. The molecular formula is C22H28BrN7O3. The van der Waals surface area contributed by atoms with Gasteiger partial charge in [-0.2, -0.15) is 0 Å². The summed E-state index contributed by atoms with van der Waals surface area (Å²) in [7, 11) is 4.12. The Hall–Kier alpha value is -2.79. The maximum Gasteiger partial charge on any atom is 0.292 e. The summed E-state index contributed by atoms with van der Waals surface area (Å²) in [6.45, 7) is 2.58. The number of benzene rings is 1. The zero-order valence-electron chi connectivity index (χ0n) is 18.8. The monoisotopic (exact) mass is 517 g/mol.